The number of carboxylic acid groups (broad SMARTS) is 1. The maximum Gasteiger partial charge on any atom is 0.339 e. The van der Waals surface area contributed by atoms with Gasteiger partial charge in [-0.3, -0.25) is 9.59 Å². The van der Waals surface area contributed by atoms with Gasteiger partial charge in [0, 0.05) is 6.42 Å². The van der Waals surface area contributed by atoms with Crippen molar-refractivity contribution in [1.29, 1.82) is 0 Å². The Kier molecular flexibility index (Phi) is 5.07. The lowest BCUT2D eigenvalue weighted by Gasteiger charge is -2.19. The topological polar surface area (TPSA) is 92.7 Å². The van der Waals surface area contributed by atoms with E-state index in [0.29, 0.717) is 5.69 Å². The number of carbonyl (C=O) groups excluding carboxylic acids is 2. The lowest BCUT2D eigenvalue weighted by molar-refractivity contribution is -0.148. The highest BCUT2D eigenvalue weighted by molar-refractivity contribution is 6.02. The average Bonchev–Trinajstić information content (AvgIpc) is 2.39. The summed E-state index contributed by atoms with van der Waals surface area (Å²) >= 11 is 0. The van der Waals surface area contributed by atoms with Crippen molar-refractivity contribution in [2.45, 2.75) is 27.2 Å². The van der Waals surface area contributed by atoms with Crippen LogP contribution in [0, 0.1) is 12.3 Å². The number of esters is 1. The summed E-state index contributed by atoms with van der Waals surface area (Å²) in [7, 11) is 1.25. The molecule has 0 aromatic heterocycles. The van der Waals surface area contributed by atoms with Gasteiger partial charge in [-0.2, -0.15) is 0 Å². The fraction of sp³-hybridized carbons (Fsp3) is 0.400. The van der Waals surface area contributed by atoms with Crippen LogP contribution in [-0.2, 0) is 14.3 Å². The van der Waals surface area contributed by atoms with Crippen molar-refractivity contribution >= 4 is 23.5 Å². The Labute approximate surface area is 123 Å². The zero-order chi connectivity index (χ0) is 16.2. The van der Waals surface area contributed by atoms with E-state index in [2.05, 4.69) is 10.1 Å². The molecule has 1 amide bonds. The van der Waals surface area contributed by atoms with E-state index in [0.717, 1.165) is 5.56 Å². The first kappa shape index (κ1) is 16.7. The predicted octanol–water partition coefficient (Wildman–Crippen LogP) is 2.22. The lowest BCUT2D eigenvalue weighted by Crippen LogP contribution is -2.30. The molecule has 21 heavy (non-hydrogen) atoms. The first-order valence-corrected chi connectivity index (χ1v) is 6.39. The van der Waals surface area contributed by atoms with Gasteiger partial charge in [-0.05, 0) is 32.9 Å². The average molecular weight is 293 g/mol. The molecule has 6 nitrogen and oxygen atoms in total. The zero-order valence-electron chi connectivity index (χ0n) is 12.5. The lowest BCUT2D eigenvalue weighted by atomic mass is 9.89. The molecule has 0 bridgehead atoms. The number of aliphatic carboxylic acids is 1. The van der Waals surface area contributed by atoms with E-state index < -0.39 is 23.3 Å². The van der Waals surface area contributed by atoms with Crippen LogP contribution >= 0.6 is 0 Å². The zero-order valence-corrected chi connectivity index (χ0v) is 12.5. The van der Waals surface area contributed by atoms with Crippen molar-refractivity contribution in [3.8, 4) is 0 Å². The number of aryl methyl sites for hydroxylation is 1. The Morgan fingerprint density at radius 1 is 1.29 bits per heavy atom. The Bertz CT molecular complexity index is 577. The molecule has 114 valence electrons. The number of carbonyl (C=O) groups is 3. The second kappa shape index (κ2) is 6.39. The number of nitrogens with one attached hydrogen (secondary N) is 1. The molecule has 1 rings (SSSR count). The molecule has 0 aliphatic carbocycles. The fourth-order valence-electron chi connectivity index (χ4n) is 1.72. The summed E-state index contributed by atoms with van der Waals surface area (Å²) in [6.45, 7) is 4.74. The van der Waals surface area contributed by atoms with Crippen molar-refractivity contribution in [2.75, 3.05) is 12.4 Å². The Morgan fingerprint density at radius 2 is 1.90 bits per heavy atom. The van der Waals surface area contributed by atoms with Gasteiger partial charge >= 0.3 is 11.9 Å². The summed E-state index contributed by atoms with van der Waals surface area (Å²) in [5.74, 6) is -2.10. The van der Waals surface area contributed by atoms with Crippen LogP contribution in [0.25, 0.3) is 0 Å². The molecule has 6 heteroatoms. The van der Waals surface area contributed by atoms with Crippen LogP contribution in [0.5, 0.6) is 0 Å². The number of carboxylic acids is 1. The molecule has 0 aliphatic rings. The summed E-state index contributed by atoms with van der Waals surface area (Å²) in [4.78, 5) is 34.7. The minimum atomic E-state index is -1.18. The van der Waals surface area contributed by atoms with Gasteiger partial charge in [-0.1, -0.05) is 11.6 Å². The van der Waals surface area contributed by atoms with Gasteiger partial charge in [-0.15, -0.1) is 0 Å². The van der Waals surface area contributed by atoms with E-state index in [1.165, 1.54) is 21.0 Å². The Balaban J connectivity index is 2.95. The number of methoxy groups -OCH3 is 1. The van der Waals surface area contributed by atoms with Crippen LogP contribution < -0.4 is 5.32 Å². The minimum absolute atomic E-state index is 0.198. The Morgan fingerprint density at radius 3 is 2.43 bits per heavy atom. The summed E-state index contributed by atoms with van der Waals surface area (Å²) < 4.78 is 4.67. The monoisotopic (exact) mass is 293 g/mol. The van der Waals surface area contributed by atoms with Gasteiger partial charge < -0.3 is 15.2 Å². The molecule has 0 unspecified atom stereocenters. The van der Waals surface area contributed by atoms with E-state index in [1.54, 1.807) is 18.2 Å². The molecular weight excluding hydrogens is 274 g/mol. The normalized spacial score (nSPS) is 10.9. The van der Waals surface area contributed by atoms with Crippen LogP contribution in [0.3, 0.4) is 0 Å². The number of ether oxygens (including phenoxy) is 1. The van der Waals surface area contributed by atoms with Crippen molar-refractivity contribution in [3.05, 3.63) is 29.3 Å². The molecule has 0 saturated carbocycles. The second-order valence-corrected chi connectivity index (χ2v) is 5.45. The van der Waals surface area contributed by atoms with Crippen molar-refractivity contribution in [3.63, 3.8) is 0 Å². The van der Waals surface area contributed by atoms with Gasteiger partial charge in [0.2, 0.25) is 5.91 Å². The first-order valence-electron chi connectivity index (χ1n) is 6.39. The van der Waals surface area contributed by atoms with Gasteiger partial charge in [0.1, 0.15) is 0 Å². The molecule has 0 atom stereocenters. The van der Waals surface area contributed by atoms with Gasteiger partial charge in [0.05, 0.1) is 23.8 Å². The molecule has 0 spiro atoms. The molecule has 0 saturated heterocycles. The van der Waals surface area contributed by atoms with Gasteiger partial charge in [0.25, 0.3) is 0 Å². The Hall–Kier alpha value is -2.37. The number of hydrogen-bond donors (Lipinski definition) is 2. The molecule has 1 aromatic carbocycles. The van der Waals surface area contributed by atoms with E-state index in [1.807, 2.05) is 6.92 Å². The van der Waals surface area contributed by atoms with Crippen LogP contribution in [0.1, 0.15) is 36.2 Å². The second-order valence-electron chi connectivity index (χ2n) is 5.45. The van der Waals surface area contributed by atoms with Crippen LogP contribution in [0.2, 0.25) is 0 Å². The van der Waals surface area contributed by atoms with E-state index in [9.17, 15) is 14.4 Å². The van der Waals surface area contributed by atoms with E-state index in [-0.39, 0.29) is 12.0 Å². The third-order valence-corrected chi connectivity index (χ3v) is 3.04. The predicted molar refractivity (Wildman–Crippen MR) is 77.2 cm³/mol. The molecular formula is C15H19NO5. The molecule has 0 radical (unpaired) electrons. The summed E-state index contributed by atoms with van der Waals surface area (Å²) in [5, 5.41) is 11.6. The maximum atomic E-state index is 12.0. The van der Waals surface area contributed by atoms with Crippen LogP contribution in [0.15, 0.2) is 18.2 Å². The highest BCUT2D eigenvalue weighted by atomic mass is 16.5. The number of amides is 1. The molecule has 2 N–H and O–H groups in total. The van der Waals surface area contributed by atoms with Crippen molar-refractivity contribution in [2.24, 2.45) is 5.41 Å². The highest BCUT2D eigenvalue weighted by Gasteiger charge is 2.30. The van der Waals surface area contributed by atoms with Crippen molar-refractivity contribution < 1.29 is 24.2 Å². The third kappa shape index (κ3) is 4.30. The number of rotatable bonds is 5. The first-order chi connectivity index (χ1) is 9.67. The number of benzene rings is 1. The summed E-state index contributed by atoms with van der Waals surface area (Å²) in [6, 6.07) is 4.93. The standard InChI is InChI=1S/C15H19NO5/c1-9-5-6-11(10(7-9)13(18)21-4)16-12(17)8-15(2,3)14(19)20/h5-7H,8H2,1-4H3,(H,16,17)(H,19,20). The fourth-order valence-corrected chi connectivity index (χ4v) is 1.72. The van der Waals surface area contributed by atoms with E-state index in [4.69, 9.17) is 5.11 Å². The largest absolute Gasteiger partial charge is 0.481 e. The molecule has 1 aromatic rings. The molecule has 0 heterocycles. The SMILES string of the molecule is COC(=O)c1cc(C)ccc1NC(=O)CC(C)(C)C(=O)O. The summed E-state index contributed by atoms with van der Waals surface area (Å²) in [5.41, 5.74) is 0.206. The van der Waals surface area contributed by atoms with Gasteiger partial charge in [-0.25, -0.2) is 4.79 Å². The summed E-state index contributed by atoms with van der Waals surface area (Å²) in [6.07, 6.45) is -0.198. The third-order valence-electron chi connectivity index (χ3n) is 3.04. The number of anilines is 1. The smallest absolute Gasteiger partial charge is 0.339 e. The van der Waals surface area contributed by atoms with Crippen LogP contribution in [0.4, 0.5) is 5.69 Å². The van der Waals surface area contributed by atoms with Crippen LogP contribution in [-0.4, -0.2) is 30.1 Å². The quantitative estimate of drug-likeness (QED) is 0.812. The number of hydrogen-bond acceptors (Lipinski definition) is 4. The van der Waals surface area contributed by atoms with E-state index >= 15 is 0 Å². The van der Waals surface area contributed by atoms with Crippen molar-refractivity contribution in [1.82, 2.24) is 0 Å². The maximum absolute atomic E-state index is 12.0. The molecule has 0 fully saturated rings. The molecule has 0 aliphatic heterocycles. The minimum Gasteiger partial charge on any atom is -0.481 e. The highest BCUT2D eigenvalue weighted by Crippen LogP contribution is 2.23. The van der Waals surface area contributed by atoms with Gasteiger partial charge in [0.15, 0.2) is 0 Å².